The van der Waals surface area contributed by atoms with Gasteiger partial charge in [0.1, 0.15) is 0 Å². The van der Waals surface area contributed by atoms with Crippen LogP contribution in [0.25, 0.3) is 11.5 Å². The van der Waals surface area contributed by atoms with Crippen LogP contribution in [0.1, 0.15) is 11.4 Å². The molecule has 3 heterocycles. The summed E-state index contributed by atoms with van der Waals surface area (Å²) in [6.45, 7) is 1.81. The molecule has 22 heavy (non-hydrogen) atoms. The summed E-state index contributed by atoms with van der Waals surface area (Å²) in [7, 11) is 0. The average molecular weight is 316 g/mol. The van der Waals surface area contributed by atoms with E-state index in [1.54, 1.807) is 17.5 Å². The van der Waals surface area contributed by atoms with Crippen molar-refractivity contribution >= 4 is 11.3 Å². The normalized spacial score (nSPS) is 11.2. The lowest BCUT2D eigenvalue weighted by Gasteiger charge is -2.19. The van der Waals surface area contributed by atoms with Gasteiger partial charge in [0.05, 0.1) is 18.7 Å². The highest BCUT2D eigenvalue weighted by atomic mass is 32.1. The first kappa shape index (κ1) is 14.8. The molecule has 0 saturated heterocycles. The Morgan fingerprint density at radius 3 is 2.95 bits per heavy atom. The zero-order valence-electron chi connectivity index (χ0n) is 11.9. The topological polar surface area (TPSA) is 75.3 Å². The maximum atomic E-state index is 9.23. The number of aliphatic hydroxyl groups excluding tert-OH is 1. The molecule has 3 rings (SSSR count). The van der Waals surface area contributed by atoms with Crippen LogP contribution < -0.4 is 0 Å². The lowest BCUT2D eigenvalue weighted by Crippen LogP contribution is -2.26. The summed E-state index contributed by atoms with van der Waals surface area (Å²) in [4.78, 5) is 10.6. The summed E-state index contributed by atoms with van der Waals surface area (Å²) in [5, 5.41) is 17.2. The van der Waals surface area contributed by atoms with Gasteiger partial charge in [-0.1, -0.05) is 11.2 Å². The number of hydrogen-bond donors (Lipinski definition) is 1. The molecule has 7 heteroatoms. The number of aliphatic hydroxyl groups is 1. The molecule has 0 aliphatic carbocycles. The van der Waals surface area contributed by atoms with Crippen LogP contribution in [0.5, 0.6) is 0 Å². The highest BCUT2D eigenvalue weighted by Gasteiger charge is 2.13. The Kier molecular flexibility index (Phi) is 4.89. The highest BCUT2D eigenvalue weighted by Crippen LogP contribution is 2.20. The van der Waals surface area contributed by atoms with Crippen molar-refractivity contribution in [3.63, 3.8) is 0 Å². The van der Waals surface area contributed by atoms with Crippen molar-refractivity contribution in [2.45, 2.75) is 13.1 Å². The molecular formula is C15H16N4O2S. The SMILES string of the molecule is OCCN(Cc1cccnc1)Cc1noc(-c2ccsc2)n1. The lowest BCUT2D eigenvalue weighted by atomic mass is 10.2. The van der Waals surface area contributed by atoms with Crippen LogP contribution in [-0.2, 0) is 13.1 Å². The number of rotatable bonds is 7. The first-order chi connectivity index (χ1) is 10.8. The third-order valence-electron chi connectivity index (χ3n) is 3.15. The Labute approximate surface area is 132 Å². The monoisotopic (exact) mass is 316 g/mol. The molecule has 6 nitrogen and oxygen atoms in total. The Morgan fingerprint density at radius 1 is 1.27 bits per heavy atom. The standard InChI is InChI=1S/C15H16N4O2S/c20-6-5-19(9-12-2-1-4-16-8-12)10-14-17-15(21-18-14)13-3-7-22-11-13/h1-4,7-8,11,20H,5-6,9-10H2. The van der Waals surface area contributed by atoms with Crippen molar-refractivity contribution in [3.8, 4) is 11.5 Å². The third-order valence-corrected chi connectivity index (χ3v) is 3.83. The van der Waals surface area contributed by atoms with E-state index in [9.17, 15) is 5.11 Å². The van der Waals surface area contributed by atoms with E-state index in [4.69, 9.17) is 4.52 Å². The fourth-order valence-corrected chi connectivity index (χ4v) is 2.76. The number of hydrogen-bond acceptors (Lipinski definition) is 7. The molecule has 0 aromatic carbocycles. The van der Waals surface area contributed by atoms with Gasteiger partial charge in [-0.2, -0.15) is 16.3 Å². The van der Waals surface area contributed by atoms with Gasteiger partial charge in [-0.05, 0) is 23.1 Å². The molecule has 0 spiro atoms. The summed E-state index contributed by atoms with van der Waals surface area (Å²) in [5.74, 6) is 1.14. The van der Waals surface area contributed by atoms with Gasteiger partial charge in [0, 0.05) is 30.9 Å². The Balaban J connectivity index is 1.68. The number of aromatic nitrogens is 3. The van der Waals surface area contributed by atoms with E-state index >= 15 is 0 Å². The average Bonchev–Trinajstić information content (AvgIpc) is 3.19. The zero-order chi connectivity index (χ0) is 15.2. The van der Waals surface area contributed by atoms with E-state index in [0.29, 0.717) is 31.3 Å². The molecule has 1 N–H and O–H groups in total. The second-order valence-corrected chi connectivity index (χ2v) is 5.60. The minimum atomic E-state index is 0.0789. The van der Waals surface area contributed by atoms with Gasteiger partial charge in [-0.25, -0.2) is 0 Å². The summed E-state index contributed by atoms with van der Waals surface area (Å²) in [6, 6.07) is 5.85. The van der Waals surface area contributed by atoms with Crippen LogP contribution in [0, 0.1) is 0 Å². The second-order valence-electron chi connectivity index (χ2n) is 4.82. The molecule has 0 amide bonds. The molecule has 3 aromatic heterocycles. The maximum absolute atomic E-state index is 9.23. The van der Waals surface area contributed by atoms with Crippen LogP contribution in [0.3, 0.4) is 0 Å². The largest absolute Gasteiger partial charge is 0.395 e. The fraction of sp³-hybridized carbons (Fsp3) is 0.267. The smallest absolute Gasteiger partial charge is 0.258 e. The van der Waals surface area contributed by atoms with E-state index in [-0.39, 0.29) is 6.61 Å². The van der Waals surface area contributed by atoms with Gasteiger partial charge < -0.3 is 9.63 Å². The minimum absolute atomic E-state index is 0.0789. The maximum Gasteiger partial charge on any atom is 0.258 e. The first-order valence-corrected chi connectivity index (χ1v) is 7.86. The summed E-state index contributed by atoms with van der Waals surface area (Å²) < 4.78 is 5.28. The molecule has 0 radical (unpaired) electrons. The second kappa shape index (κ2) is 7.26. The van der Waals surface area contributed by atoms with Crippen LogP contribution in [0.15, 0.2) is 45.9 Å². The van der Waals surface area contributed by atoms with Gasteiger partial charge in [-0.3, -0.25) is 9.88 Å². The first-order valence-electron chi connectivity index (χ1n) is 6.92. The van der Waals surface area contributed by atoms with Gasteiger partial charge >= 0.3 is 0 Å². The molecule has 0 bridgehead atoms. The minimum Gasteiger partial charge on any atom is -0.395 e. The van der Waals surface area contributed by atoms with Crippen molar-refractivity contribution in [2.24, 2.45) is 0 Å². The Morgan fingerprint density at radius 2 is 2.23 bits per heavy atom. The van der Waals surface area contributed by atoms with Crippen molar-refractivity contribution < 1.29 is 9.63 Å². The molecular weight excluding hydrogens is 300 g/mol. The number of nitrogens with zero attached hydrogens (tertiary/aromatic N) is 4. The summed E-state index contributed by atoms with van der Waals surface area (Å²) in [6.07, 6.45) is 3.56. The summed E-state index contributed by atoms with van der Waals surface area (Å²) in [5.41, 5.74) is 2.02. The molecule has 0 aliphatic rings. The van der Waals surface area contributed by atoms with E-state index < -0.39 is 0 Å². The number of thiophene rings is 1. The van der Waals surface area contributed by atoms with Gasteiger partial charge in [0.15, 0.2) is 5.82 Å². The predicted octanol–water partition coefficient (Wildman–Crippen LogP) is 2.19. The van der Waals surface area contributed by atoms with Crippen molar-refractivity contribution in [1.82, 2.24) is 20.0 Å². The van der Waals surface area contributed by atoms with Crippen LogP contribution in [0.2, 0.25) is 0 Å². The lowest BCUT2D eigenvalue weighted by molar-refractivity contribution is 0.179. The van der Waals surface area contributed by atoms with Crippen molar-refractivity contribution in [2.75, 3.05) is 13.2 Å². The van der Waals surface area contributed by atoms with E-state index in [2.05, 4.69) is 20.0 Å². The number of pyridine rings is 1. The van der Waals surface area contributed by atoms with Gasteiger partial charge in [0.25, 0.3) is 5.89 Å². The quantitative estimate of drug-likeness (QED) is 0.720. The van der Waals surface area contributed by atoms with E-state index in [1.807, 2.05) is 35.2 Å². The Hall–Kier alpha value is -2.09. The predicted molar refractivity (Wildman–Crippen MR) is 83.0 cm³/mol. The molecule has 0 saturated carbocycles. The van der Waals surface area contributed by atoms with Crippen LogP contribution in [0.4, 0.5) is 0 Å². The molecule has 0 atom stereocenters. The molecule has 3 aromatic rings. The molecule has 0 aliphatic heterocycles. The zero-order valence-corrected chi connectivity index (χ0v) is 12.7. The van der Waals surface area contributed by atoms with E-state index in [1.165, 1.54) is 0 Å². The third kappa shape index (κ3) is 3.76. The summed E-state index contributed by atoms with van der Waals surface area (Å²) >= 11 is 1.59. The Bertz CT molecular complexity index is 685. The van der Waals surface area contributed by atoms with E-state index in [0.717, 1.165) is 11.1 Å². The van der Waals surface area contributed by atoms with Crippen molar-refractivity contribution in [1.29, 1.82) is 0 Å². The van der Waals surface area contributed by atoms with Gasteiger partial charge in [0.2, 0.25) is 0 Å². The highest BCUT2D eigenvalue weighted by molar-refractivity contribution is 7.08. The molecule has 0 unspecified atom stereocenters. The molecule has 0 fully saturated rings. The van der Waals surface area contributed by atoms with Gasteiger partial charge in [-0.15, -0.1) is 0 Å². The van der Waals surface area contributed by atoms with Crippen molar-refractivity contribution in [3.05, 3.63) is 52.7 Å². The fourth-order valence-electron chi connectivity index (χ4n) is 2.13. The molecule has 114 valence electrons. The van der Waals surface area contributed by atoms with Crippen LogP contribution in [-0.4, -0.2) is 38.3 Å². The van der Waals surface area contributed by atoms with Crippen LogP contribution >= 0.6 is 11.3 Å².